The van der Waals surface area contributed by atoms with Gasteiger partial charge in [-0.15, -0.1) is 0 Å². The number of unbranched alkanes of at least 4 members (excludes halogenated alkanes) is 1. The lowest BCUT2D eigenvalue weighted by Gasteiger charge is -2.15. The lowest BCUT2D eigenvalue weighted by molar-refractivity contribution is -0.142. The van der Waals surface area contributed by atoms with Gasteiger partial charge in [-0.2, -0.15) is 0 Å². The van der Waals surface area contributed by atoms with E-state index in [1.807, 2.05) is 0 Å². The molecule has 1 aliphatic heterocycles. The van der Waals surface area contributed by atoms with Gasteiger partial charge in [0.1, 0.15) is 6.10 Å². The fourth-order valence-electron chi connectivity index (χ4n) is 1.17. The molecule has 2 atom stereocenters. The molecule has 0 amide bonds. The molecule has 1 rings (SSSR count). The average Bonchev–Trinajstić information content (AvgIpc) is 2.47. The van der Waals surface area contributed by atoms with Gasteiger partial charge in [0.25, 0.3) is 0 Å². The molecule has 0 aromatic heterocycles. The van der Waals surface area contributed by atoms with Crippen molar-refractivity contribution in [3.8, 4) is 0 Å². The molecule has 1 aliphatic rings. The number of hydrogen-bond donors (Lipinski definition) is 1. The lowest BCUT2D eigenvalue weighted by atomic mass is 10.1. The Hall–Kier alpha value is -0.830. The molecule has 3 nitrogen and oxygen atoms in total. The molecule has 0 radical (unpaired) electrons. The van der Waals surface area contributed by atoms with E-state index in [1.165, 1.54) is 6.08 Å². The zero-order valence-corrected chi connectivity index (χ0v) is 7.19. The summed E-state index contributed by atoms with van der Waals surface area (Å²) in [5.41, 5.74) is 0. The van der Waals surface area contributed by atoms with Gasteiger partial charge in [-0.3, -0.25) is 0 Å². The van der Waals surface area contributed by atoms with Gasteiger partial charge in [-0.25, -0.2) is 4.79 Å². The van der Waals surface area contributed by atoms with Crippen LogP contribution in [0, 0.1) is 0 Å². The Labute approximate surface area is 72.0 Å². The van der Waals surface area contributed by atoms with Gasteiger partial charge < -0.3 is 9.84 Å². The van der Waals surface area contributed by atoms with Gasteiger partial charge in [0.05, 0.1) is 6.10 Å². The van der Waals surface area contributed by atoms with Gasteiger partial charge in [-0.05, 0) is 12.5 Å². The first kappa shape index (κ1) is 9.26. The third-order valence-electron chi connectivity index (χ3n) is 1.91. The van der Waals surface area contributed by atoms with E-state index in [0.717, 1.165) is 12.8 Å². The highest BCUT2D eigenvalue weighted by Crippen LogP contribution is 2.13. The van der Waals surface area contributed by atoms with E-state index in [9.17, 15) is 9.90 Å². The van der Waals surface area contributed by atoms with Crippen LogP contribution >= 0.6 is 0 Å². The van der Waals surface area contributed by atoms with E-state index in [0.29, 0.717) is 6.42 Å². The van der Waals surface area contributed by atoms with Crippen molar-refractivity contribution in [3.63, 3.8) is 0 Å². The standard InChI is InChI=1S/C9H14O3/c1-2-3-4-7(10)8-5-6-9(11)12-8/h5-8,10H,2-4H2,1H3/t7-,8-/m1/s1. The predicted octanol–water partition coefficient (Wildman–Crippen LogP) is 1.02. The van der Waals surface area contributed by atoms with E-state index < -0.39 is 12.2 Å². The van der Waals surface area contributed by atoms with Gasteiger partial charge in [0, 0.05) is 6.08 Å². The summed E-state index contributed by atoms with van der Waals surface area (Å²) in [6, 6.07) is 0. The lowest BCUT2D eigenvalue weighted by Crippen LogP contribution is -2.25. The van der Waals surface area contributed by atoms with Crippen LogP contribution in [0.1, 0.15) is 26.2 Å². The summed E-state index contributed by atoms with van der Waals surface area (Å²) in [7, 11) is 0. The SMILES string of the molecule is CCCC[C@@H](O)[C@H]1C=CC(=O)O1. The maximum Gasteiger partial charge on any atom is 0.331 e. The Morgan fingerprint density at radius 2 is 2.50 bits per heavy atom. The molecule has 12 heavy (non-hydrogen) atoms. The minimum absolute atomic E-state index is 0.351. The topological polar surface area (TPSA) is 46.5 Å². The summed E-state index contributed by atoms with van der Waals surface area (Å²) < 4.78 is 4.82. The van der Waals surface area contributed by atoms with Crippen LogP contribution in [-0.4, -0.2) is 23.3 Å². The van der Waals surface area contributed by atoms with E-state index >= 15 is 0 Å². The maximum absolute atomic E-state index is 10.6. The third-order valence-corrected chi connectivity index (χ3v) is 1.91. The number of cyclic esters (lactones) is 1. The summed E-state index contributed by atoms with van der Waals surface area (Å²) in [6.45, 7) is 2.06. The molecular formula is C9H14O3. The molecule has 1 N–H and O–H groups in total. The van der Waals surface area contributed by atoms with Crippen molar-refractivity contribution < 1.29 is 14.6 Å². The van der Waals surface area contributed by atoms with Crippen LogP contribution in [-0.2, 0) is 9.53 Å². The first-order valence-corrected chi connectivity index (χ1v) is 4.31. The molecule has 0 bridgehead atoms. The van der Waals surface area contributed by atoms with Crippen molar-refractivity contribution in [1.29, 1.82) is 0 Å². The van der Waals surface area contributed by atoms with E-state index in [-0.39, 0.29) is 5.97 Å². The van der Waals surface area contributed by atoms with E-state index in [4.69, 9.17) is 4.74 Å². The first-order valence-electron chi connectivity index (χ1n) is 4.31. The largest absolute Gasteiger partial charge is 0.452 e. The van der Waals surface area contributed by atoms with Crippen molar-refractivity contribution in [2.24, 2.45) is 0 Å². The zero-order chi connectivity index (χ0) is 8.97. The summed E-state index contributed by atoms with van der Waals surface area (Å²) >= 11 is 0. The molecule has 0 saturated carbocycles. The summed E-state index contributed by atoms with van der Waals surface area (Å²) in [5.74, 6) is -0.351. The van der Waals surface area contributed by atoms with Crippen LogP contribution in [0.4, 0.5) is 0 Å². The number of esters is 1. The minimum atomic E-state index is -0.535. The number of aliphatic hydroxyl groups is 1. The van der Waals surface area contributed by atoms with Crippen molar-refractivity contribution in [3.05, 3.63) is 12.2 Å². The average molecular weight is 170 g/mol. The molecule has 0 unspecified atom stereocenters. The first-order chi connectivity index (χ1) is 5.74. The van der Waals surface area contributed by atoms with Crippen molar-refractivity contribution in [2.75, 3.05) is 0 Å². The quantitative estimate of drug-likeness (QED) is 0.641. The van der Waals surface area contributed by atoms with Crippen LogP contribution in [0.2, 0.25) is 0 Å². The van der Waals surface area contributed by atoms with Crippen molar-refractivity contribution in [2.45, 2.75) is 38.4 Å². The van der Waals surface area contributed by atoms with Gasteiger partial charge in [-0.1, -0.05) is 19.8 Å². The third kappa shape index (κ3) is 2.34. The molecule has 0 saturated heterocycles. The van der Waals surface area contributed by atoms with E-state index in [2.05, 4.69) is 6.92 Å². The smallest absolute Gasteiger partial charge is 0.331 e. The Kier molecular flexibility index (Phi) is 3.29. The van der Waals surface area contributed by atoms with Crippen LogP contribution in [0.3, 0.4) is 0 Å². The van der Waals surface area contributed by atoms with Gasteiger partial charge in [0.15, 0.2) is 0 Å². The molecule has 0 spiro atoms. The Morgan fingerprint density at radius 3 is 3.00 bits per heavy atom. The highest BCUT2D eigenvalue weighted by Gasteiger charge is 2.23. The summed E-state index contributed by atoms with van der Waals surface area (Å²) in [5, 5.41) is 9.47. The second-order valence-corrected chi connectivity index (χ2v) is 2.97. The number of carbonyl (C=O) groups excluding carboxylic acids is 1. The van der Waals surface area contributed by atoms with Crippen LogP contribution < -0.4 is 0 Å². The monoisotopic (exact) mass is 170 g/mol. The molecule has 0 fully saturated rings. The van der Waals surface area contributed by atoms with E-state index in [1.54, 1.807) is 6.08 Å². The number of aliphatic hydroxyl groups excluding tert-OH is 1. The molecular weight excluding hydrogens is 156 g/mol. The molecule has 0 aromatic rings. The van der Waals surface area contributed by atoms with Crippen LogP contribution in [0.15, 0.2) is 12.2 Å². The number of hydrogen-bond acceptors (Lipinski definition) is 3. The second-order valence-electron chi connectivity index (χ2n) is 2.97. The maximum atomic E-state index is 10.6. The molecule has 0 aliphatic carbocycles. The Bertz CT molecular complexity index is 186. The minimum Gasteiger partial charge on any atom is -0.452 e. The predicted molar refractivity (Wildman–Crippen MR) is 44.6 cm³/mol. The van der Waals surface area contributed by atoms with Crippen molar-refractivity contribution in [1.82, 2.24) is 0 Å². The second kappa shape index (κ2) is 4.26. The van der Waals surface area contributed by atoms with Crippen LogP contribution in [0.25, 0.3) is 0 Å². The molecule has 3 heteroatoms. The number of ether oxygens (including phenoxy) is 1. The highest BCUT2D eigenvalue weighted by atomic mass is 16.6. The zero-order valence-electron chi connectivity index (χ0n) is 7.19. The number of rotatable bonds is 4. The fourth-order valence-corrected chi connectivity index (χ4v) is 1.17. The molecule has 0 aromatic carbocycles. The molecule has 1 heterocycles. The van der Waals surface area contributed by atoms with Gasteiger partial charge >= 0.3 is 5.97 Å². The summed E-state index contributed by atoms with van der Waals surface area (Å²) in [4.78, 5) is 10.6. The number of carbonyl (C=O) groups is 1. The van der Waals surface area contributed by atoms with Gasteiger partial charge in [0.2, 0.25) is 0 Å². The normalized spacial score (nSPS) is 24.2. The summed E-state index contributed by atoms with van der Waals surface area (Å²) in [6.07, 6.45) is 4.72. The molecule has 68 valence electrons. The van der Waals surface area contributed by atoms with Crippen LogP contribution in [0.5, 0.6) is 0 Å². The fraction of sp³-hybridized carbons (Fsp3) is 0.667. The van der Waals surface area contributed by atoms with Crippen molar-refractivity contribution >= 4 is 5.97 Å². The Morgan fingerprint density at radius 1 is 1.75 bits per heavy atom. The highest BCUT2D eigenvalue weighted by molar-refractivity contribution is 5.84. The Balaban J connectivity index is 2.28.